The first-order chi connectivity index (χ1) is 35.5. The van der Waals surface area contributed by atoms with Crippen LogP contribution in [-0.2, 0) is 16.2 Å². The highest BCUT2D eigenvalue weighted by molar-refractivity contribution is 5.94. The summed E-state index contributed by atoms with van der Waals surface area (Å²) < 4.78 is 0. The van der Waals surface area contributed by atoms with Crippen LogP contribution in [0.25, 0.3) is 44.5 Å². The summed E-state index contributed by atoms with van der Waals surface area (Å²) in [6, 6.07) is 102. The molecule has 0 bridgehead atoms. The number of rotatable bonds is 7. The molecule has 0 amide bonds. The third-order valence-corrected chi connectivity index (χ3v) is 16.4. The normalized spacial score (nSPS) is 14.6. The van der Waals surface area contributed by atoms with Crippen molar-refractivity contribution in [2.45, 2.75) is 30.1 Å². The van der Waals surface area contributed by atoms with E-state index in [4.69, 9.17) is 0 Å². The van der Waals surface area contributed by atoms with Crippen molar-refractivity contribution in [1.29, 1.82) is 0 Å². The van der Waals surface area contributed by atoms with Crippen LogP contribution in [-0.4, -0.2) is 0 Å². The molecule has 0 saturated carbocycles. The molecule has 0 N–H and O–H groups in total. The van der Waals surface area contributed by atoms with Crippen LogP contribution in [0.3, 0.4) is 0 Å². The first-order valence-electron chi connectivity index (χ1n) is 25.3. The molecular weight excluding hydrogens is 867 g/mol. The fourth-order valence-electron chi connectivity index (χ4n) is 13.4. The van der Waals surface area contributed by atoms with E-state index in [2.05, 4.69) is 292 Å². The van der Waals surface area contributed by atoms with E-state index in [1.54, 1.807) is 0 Å². The predicted molar refractivity (Wildman–Crippen MR) is 299 cm³/mol. The van der Waals surface area contributed by atoms with E-state index in [1.165, 1.54) is 100 Å². The molecule has 0 fully saturated rings. The number of anilines is 3. The predicted octanol–water partition coefficient (Wildman–Crippen LogP) is 17.9. The minimum Gasteiger partial charge on any atom is -0.310 e. The van der Waals surface area contributed by atoms with Gasteiger partial charge in [0.15, 0.2) is 0 Å². The zero-order valence-corrected chi connectivity index (χ0v) is 40.4. The third kappa shape index (κ3) is 5.89. The van der Waals surface area contributed by atoms with Gasteiger partial charge in [0.25, 0.3) is 0 Å². The van der Waals surface area contributed by atoms with E-state index in [9.17, 15) is 0 Å². The Morgan fingerprint density at radius 1 is 0.250 bits per heavy atom. The lowest BCUT2D eigenvalue weighted by Crippen LogP contribution is -2.44. The zero-order chi connectivity index (χ0) is 48.0. The van der Waals surface area contributed by atoms with Crippen molar-refractivity contribution in [3.8, 4) is 44.5 Å². The number of nitrogens with zero attached hydrogens (tertiary/aromatic N) is 1. The van der Waals surface area contributed by atoms with Gasteiger partial charge in [0.05, 0.1) is 16.5 Å². The molecule has 1 spiro atoms. The van der Waals surface area contributed by atoms with E-state index in [-0.39, 0.29) is 5.41 Å². The summed E-state index contributed by atoms with van der Waals surface area (Å²) in [5.41, 5.74) is 25.4. The summed E-state index contributed by atoms with van der Waals surface area (Å²) >= 11 is 0. The molecule has 3 aliphatic rings. The second kappa shape index (κ2) is 16.1. The summed E-state index contributed by atoms with van der Waals surface area (Å²) in [6.45, 7) is 4.73. The number of fused-ring (bicyclic) bond motifs is 12. The van der Waals surface area contributed by atoms with Crippen LogP contribution in [0.15, 0.2) is 273 Å². The SMILES string of the molecule is CC1(C)c2ccccc2-c2ccc(N(c3ccc(-c4ccc5c(c4)-c4ccccc4C54c5ccccc5C(c5ccccc5)(c5ccccc5)c5ccccc54)cc3)c3ccccc3-c3ccccc3)cc21. The van der Waals surface area contributed by atoms with Gasteiger partial charge in [0.1, 0.15) is 0 Å². The van der Waals surface area contributed by atoms with E-state index >= 15 is 0 Å². The molecule has 1 nitrogen and oxygen atoms in total. The van der Waals surface area contributed by atoms with Crippen LogP contribution in [0.4, 0.5) is 17.1 Å². The summed E-state index contributed by atoms with van der Waals surface area (Å²) in [4.78, 5) is 2.46. The lowest BCUT2D eigenvalue weighted by molar-refractivity contribution is 0.623. The number of para-hydroxylation sites is 1. The molecule has 340 valence electrons. The van der Waals surface area contributed by atoms with Crippen molar-refractivity contribution >= 4 is 17.1 Å². The Bertz CT molecular complexity index is 3790. The van der Waals surface area contributed by atoms with Crippen LogP contribution in [0.2, 0.25) is 0 Å². The first kappa shape index (κ1) is 42.1. The summed E-state index contributed by atoms with van der Waals surface area (Å²) in [7, 11) is 0. The minimum absolute atomic E-state index is 0.129. The van der Waals surface area contributed by atoms with Crippen LogP contribution >= 0.6 is 0 Å². The lowest BCUT2D eigenvalue weighted by atomic mass is 9.51. The average Bonchev–Trinajstić information content (AvgIpc) is 3.88. The molecule has 14 rings (SSSR count). The Kier molecular flexibility index (Phi) is 9.44. The average molecular weight is 918 g/mol. The molecule has 0 aliphatic heterocycles. The Morgan fingerprint density at radius 3 is 1.29 bits per heavy atom. The van der Waals surface area contributed by atoms with Gasteiger partial charge in [-0.1, -0.05) is 250 Å². The Hall–Kier alpha value is -8.78. The second-order valence-corrected chi connectivity index (χ2v) is 20.3. The van der Waals surface area contributed by atoms with Crippen molar-refractivity contribution < 1.29 is 0 Å². The fraction of sp³-hybridized carbons (Fsp3) is 0.0704. The second-order valence-electron chi connectivity index (χ2n) is 20.3. The maximum absolute atomic E-state index is 2.46. The molecule has 0 saturated heterocycles. The van der Waals surface area contributed by atoms with Gasteiger partial charge in [-0.2, -0.15) is 0 Å². The van der Waals surface area contributed by atoms with Crippen LogP contribution in [0.5, 0.6) is 0 Å². The van der Waals surface area contributed by atoms with E-state index in [0.717, 1.165) is 17.1 Å². The molecule has 0 unspecified atom stereocenters. The monoisotopic (exact) mass is 917 g/mol. The number of benzene rings is 11. The Morgan fingerprint density at radius 2 is 0.681 bits per heavy atom. The first-order valence-corrected chi connectivity index (χ1v) is 25.3. The smallest absolute Gasteiger partial charge is 0.0720 e. The molecule has 0 aromatic heterocycles. The zero-order valence-electron chi connectivity index (χ0n) is 40.4. The summed E-state index contributed by atoms with van der Waals surface area (Å²) in [5.74, 6) is 0. The molecule has 3 aliphatic carbocycles. The molecule has 0 radical (unpaired) electrons. The Labute approximate surface area is 423 Å². The highest BCUT2D eigenvalue weighted by Crippen LogP contribution is 2.65. The fourth-order valence-corrected chi connectivity index (χ4v) is 13.4. The molecule has 72 heavy (non-hydrogen) atoms. The maximum atomic E-state index is 2.46. The molecule has 0 atom stereocenters. The highest BCUT2D eigenvalue weighted by atomic mass is 15.1. The van der Waals surface area contributed by atoms with Crippen LogP contribution in [0.1, 0.15) is 69.5 Å². The van der Waals surface area contributed by atoms with Gasteiger partial charge in [-0.25, -0.2) is 0 Å². The van der Waals surface area contributed by atoms with Gasteiger partial charge in [-0.3, -0.25) is 0 Å². The Balaban J connectivity index is 0.927. The standard InChI is InChI=1S/C71H51N/c1-69(2)60-31-15-12-29-56(60)58-44-43-54(47-67(58)69)72(68-37-21-14-28-55(68)49-22-6-3-7-23-49)53-41-38-48(39-42-53)50-40-45-62-59(46-50)57-30-13-16-32-61(57)71(62)65-35-19-17-33-63(65)70(51-24-8-4-9-25-51,52-26-10-5-11-27-52)64-34-18-20-36-66(64)71/h3-47H,1-2H3. The van der Waals surface area contributed by atoms with Gasteiger partial charge >= 0.3 is 0 Å². The van der Waals surface area contributed by atoms with Crippen molar-refractivity contribution in [2.24, 2.45) is 0 Å². The van der Waals surface area contributed by atoms with Gasteiger partial charge in [0.2, 0.25) is 0 Å². The van der Waals surface area contributed by atoms with Gasteiger partial charge in [-0.15, -0.1) is 0 Å². The van der Waals surface area contributed by atoms with E-state index in [1.807, 2.05) is 0 Å². The van der Waals surface area contributed by atoms with Gasteiger partial charge in [0, 0.05) is 22.4 Å². The third-order valence-electron chi connectivity index (χ3n) is 16.4. The maximum Gasteiger partial charge on any atom is 0.0720 e. The van der Waals surface area contributed by atoms with E-state index in [0.29, 0.717) is 0 Å². The van der Waals surface area contributed by atoms with Crippen molar-refractivity contribution in [3.05, 3.63) is 329 Å². The topological polar surface area (TPSA) is 3.24 Å². The summed E-state index contributed by atoms with van der Waals surface area (Å²) in [6.07, 6.45) is 0. The molecular formula is C71H51N. The molecule has 11 aromatic rings. The van der Waals surface area contributed by atoms with Crippen LogP contribution < -0.4 is 4.90 Å². The molecule has 0 heterocycles. The molecule has 11 aromatic carbocycles. The van der Waals surface area contributed by atoms with Gasteiger partial charge < -0.3 is 4.90 Å². The minimum atomic E-state index is -0.535. The van der Waals surface area contributed by atoms with Crippen molar-refractivity contribution in [3.63, 3.8) is 0 Å². The van der Waals surface area contributed by atoms with Crippen molar-refractivity contribution in [1.82, 2.24) is 0 Å². The summed E-state index contributed by atoms with van der Waals surface area (Å²) in [5, 5.41) is 0. The quantitative estimate of drug-likeness (QED) is 0.154. The van der Waals surface area contributed by atoms with E-state index < -0.39 is 10.8 Å². The highest BCUT2D eigenvalue weighted by Gasteiger charge is 2.56. The molecule has 1 heteroatoms. The number of hydrogen-bond acceptors (Lipinski definition) is 1. The lowest BCUT2D eigenvalue weighted by Gasteiger charge is -2.50. The van der Waals surface area contributed by atoms with Gasteiger partial charge in [-0.05, 0) is 131 Å². The van der Waals surface area contributed by atoms with Crippen LogP contribution in [0, 0.1) is 0 Å². The largest absolute Gasteiger partial charge is 0.310 e. The van der Waals surface area contributed by atoms with Crippen molar-refractivity contribution in [2.75, 3.05) is 4.90 Å². The number of hydrogen-bond donors (Lipinski definition) is 0.